The smallest absolute Gasteiger partial charge is 0.411 e. The Bertz CT molecular complexity index is 834. The molecule has 0 unspecified atom stereocenters. The summed E-state index contributed by atoms with van der Waals surface area (Å²) >= 11 is 3.43. The predicted octanol–water partition coefficient (Wildman–Crippen LogP) is 6.35. The van der Waals surface area contributed by atoms with Gasteiger partial charge in [0.25, 0.3) is 0 Å². The molecule has 0 saturated carbocycles. The van der Waals surface area contributed by atoms with Gasteiger partial charge in [0, 0.05) is 23.9 Å². The molecular formula is C22H23BrFNO2. The van der Waals surface area contributed by atoms with Crippen LogP contribution in [-0.2, 0) is 10.3 Å². The Hall–Kier alpha value is -2.14. The number of hydrogen-bond acceptors (Lipinski definition) is 2. The van der Waals surface area contributed by atoms with Crippen molar-refractivity contribution < 1.29 is 13.9 Å². The molecule has 142 valence electrons. The van der Waals surface area contributed by atoms with Gasteiger partial charge in [-0.2, -0.15) is 0 Å². The van der Waals surface area contributed by atoms with E-state index in [0.29, 0.717) is 19.4 Å². The number of hydrogen-bond donors (Lipinski definition) is 0. The maximum Gasteiger partial charge on any atom is 0.411 e. The number of ether oxygens (including phenoxy) is 1. The number of benzene rings is 2. The quantitative estimate of drug-likeness (QED) is 0.515. The van der Waals surface area contributed by atoms with Gasteiger partial charge < -0.3 is 9.64 Å². The number of nitrogens with zero attached hydrogens (tertiary/aromatic N) is 1. The van der Waals surface area contributed by atoms with E-state index in [2.05, 4.69) is 22.5 Å². The topological polar surface area (TPSA) is 29.5 Å². The van der Waals surface area contributed by atoms with Crippen LogP contribution in [0.5, 0.6) is 0 Å². The highest BCUT2D eigenvalue weighted by atomic mass is 79.9. The van der Waals surface area contributed by atoms with Crippen LogP contribution in [0.4, 0.5) is 9.18 Å². The number of carbonyl (C=O) groups excluding carboxylic acids is 1. The first-order valence-electron chi connectivity index (χ1n) is 8.96. The van der Waals surface area contributed by atoms with Crippen molar-refractivity contribution in [2.45, 2.75) is 38.3 Å². The molecule has 0 radical (unpaired) electrons. The van der Waals surface area contributed by atoms with Crippen LogP contribution in [0.15, 0.2) is 65.2 Å². The SMILES string of the molecule is C=C(C)C[C@]1(c2ccc(F)cc2)CCN([C@@H](C)c2ccc(Br)cc2)C(=O)O1. The second-order valence-corrected chi connectivity index (χ2v) is 8.09. The van der Waals surface area contributed by atoms with Gasteiger partial charge in [0.05, 0.1) is 6.04 Å². The Morgan fingerprint density at radius 2 is 1.89 bits per heavy atom. The highest BCUT2D eigenvalue weighted by molar-refractivity contribution is 9.10. The van der Waals surface area contributed by atoms with Crippen molar-refractivity contribution in [3.05, 3.63) is 82.1 Å². The Morgan fingerprint density at radius 3 is 2.44 bits per heavy atom. The monoisotopic (exact) mass is 431 g/mol. The van der Waals surface area contributed by atoms with E-state index in [0.717, 1.165) is 21.2 Å². The van der Waals surface area contributed by atoms with E-state index in [1.54, 1.807) is 17.0 Å². The van der Waals surface area contributed by atoms with E-state index >= 15 is 0 Å². The molecule has 0 aromatic heterocycles. The molecule has 1 heterocycles. The first-order valence-corrected chi connectivity index (χ1v) is 9.75. The van der Waals surface area contributed by atoms with Crippen LogP contribution < -0.4 is 0 Å². The van der Waals surface area contributed by atoms with Gasteiger partial charge in [-0.25, -0.2) is 9.18 Å². The van der Waals surface area contributed by atoms with Gasteiger partial charge in [0.2, 0.25) is 0 Å². The normalized spacial score (nSPS) is 20.9. The molecule has 2 aromatic rings. The minimum absolute atomic E-state index is 0.0957. The lowest BCUT2D eigenvalue weighted by Crippen LogP contribution is -2.48. The summed E-state index contributed by atoms with van der Waals surface area (Å²) in [6.45, 7) is 8.45. The van der Waals surface area contributed by atoms with Crippen LogP contribution in [-0.4, -0.2) is 17.5 Å². The fourth-order valence-corrected chi connectivity index (χ4v) is 3.88. The molecule has 3 nitrogen and oxygen atoms in total. The predicted molar refractivity (Wildman–Crippen MR) is 108 cm³/mol. The molecule has 5 heteroatoms. The molecule has 0 bridgehead atoms. The van der Waals surface area contributed by atoms with Crippen LogP contribution in [0.1, 0.15) is 43.9 Å². The van der Waals surface area contributed by atoms with Crippen molar-refractivity contribution in [1.29, 1.82) is 0 Å². The molecule has 1 aliphatic rings. The second-order valence-electron chi connectivity index (χ2n) is 7.17. The highest BCUT2D eigenvalue weighted by Crippen LogP contribution is 2.41. The van der Waals surface area contributed by atoms with Crippen LogP contribution >= 0.6 is 15.9 Å². The van der Waals surface area contributed by atoms with Crippen molar-refractivity contribution in [3.63, 3.8) is 0 Å². The molecule has 0 aliphatic carbocycles. The third kappa shape index (κ3) is 4.24. The summed E-state index contributed by atoms with van der Waals surface area (Å²) in [4.78, 5) is 14.6. The standard InChI is InChI=1S/C22H23BrFNO2/c1-15(2)14-22(18-6-10-20(24)11-7-18)12-13-25(21(26)27-22)16(3)17-4-8-19(23)9-5-17/h4-11,16H,1,12-14H2,2-3H3/t16-,22-/m0/s1. The summed E-state index contributed by atoms with van der Waals surface area (Å²) < 4.78 is 20.3. The molecular weight excluding hydrogens is 409 g/mol. The maximum atomic E-state index is 13.4. The molecule has 2 atom stereocenters. The minimum atomic E-state index is -0.799. The fraction of sp³-hybridized carbons (Fsp3) is 0.318. The molecule has 1 amide bonds. The Labute approximate surface area is 168 Å². The van der Waals surface area contributed by atoms with E-state index < -0.39 is 5.60 Å². The minimum Gasteiger partial charge on any atom is -0.437 e. The molecule has 27 heavy (non-hydrogen) atoms. The number of carbonyl (C=O) groups is 1. The Balaban J connectivity index is 1.85. The largest absolute Gasteiger partial charge is 0.437 e. The van der Waals surface area contributed by atoms with Crippen molar-refractivity contribution in [2.24, 2.45) is 0 Å². The lowest BCUT2D eigenvalue weighted by atomic mass is 9.83. The molecule has 3 rings (SSSR count). The second kappa shape index (κ2) is 7.85. The average Bonchev–Trinajstić information content (AvgIpc) is 2.62. The first-order chi connectivity index (χ1) is 12.8. The van der Waals surface area contributed by atoms with Crippen LogP contribution in [0, 0.1) is 5.82 Å². The summed E-state index contributed by atoms with van der Waals surface area (Å²) in [6.07, 6.45) is 0.783. The third-order valence-electron chi connectivity index (χ3n) is 5.05. The fourth-order valence-electron chi connectivity index (χ4n) is 3.61. The van der Waals surface area contributed by atoms with E-state index in [4.69, 9.17) is 4.74 Å². The van der Waals surface area contributed by atoms with Gasteiger partial charge in [-0.3, -0.25) is 0 Å². The summed E-state index contributed by atoms with van der Waals surface area (Å²) in [5.41, 5.74) is 1.97. The molecule has 0 spiro atoms. The van der Waals surface area contributed by atoms with E-state index in [9.17, 15) is 9.18 Å². The van der Waals surface area contributed by atoms with Crippen LogP contribution in [0.3, 0.4) is 0 Å². The number of amides is 1. The van der Waals surface area contributed by atoms with Gasteiger partial charge in [-0.1, -0.05) is 52.3 Å². The molecule has 1 aliphatic heterocycles. The van der Waals surface area contributed by atoms with E-state index in [1.165, 1.54) is 12.1 Å². The van der Waals surface area contributed by atoms with Crippen molar-refractivity contribution in [3.8, 4) is 0 Å². The zero-order chi connectivity index (χ0) is 19.6. The van der Waals surface area contributed by atoms with Crippen LogP contribution in [0.2, 0.25) is 0 Å². The van der Waals surface area contributed by atoms with Crippen molar-refractivity contribution in [1.82, 2.24) is 4.90 Å². The molecule has 0 N–H and O–H groups in total. The van der Waals surface area contributed by atoms with Gasteiger partial charge in [0.15, 0.2) is 0 Å². The molecule has 1 saturated heterocycles. The van der Waals surface area contributed by atoms with E-state index in [1.807, 2.05) is 38.1 Å². The first kappa shape index (κ1) is 19.6. The average molecular weight is 432 g/mol. The van der Waals surface area contributed by atoms with Crippen molar-refractivity contribution in [2.75, 3.05) is 6.54 Å². The van der Waals surface area contributed by atoms with Gasteiger partial charge in [-0.05, 0) is 49.2 Å². The summed E-state index contributed by atoms with van der Waals surface area (Å²) in [5, 5.41) is 0. The summed E-state index contributed by atoms with van der Waals surface area (Å²) in [6, 6.07) is 14.0. The molecule has 2 aromatic carbocycles. The van der Waals surface area contributed by atoms with Gasteiger partial charge in [-0.15, -0.1) is 0 Å². The third-order valence-corrected chi connectivity index (χ3v) is 5.58. The van der Waals surface area contributed by atoms with Gasteiger partial charge >= 0.3 is 6.09 Å². The highest BCUT2D eigenvalue weighted by Gasteiger charge is 2.43. The summed E-state index contributed by atoms with van der Waals surface area (Å²) in [5.74, 6) is -0.308. The summed E-state index contributed by atoms with van der Waals surface area (Å²) in [7, 11) is 0. The Morgan fingerprint density at radius 1 is 1.26 bits per heavy atom. The molecule has 1 fully saturated rings. The van der Waals surface area contributed by atoms with Crippen LogP contribution in [0.25, 0.3) is 0 Å². The zero-order valence-electron chi connectivity index (χ0n) is 15.5. The van der Waals surface area contributed by atoms with E-state index in [-0.39, 0.29) is 18.0 Å². The number of rotatable bonds is 5. The van der Waals surface area contributed by atoms with Crippen molar-refractivity contribution >= 4 is 22.0 Å². The maximum absolute atomic E-state index is 13.4. The Kier molecular flexibility index (Phi) is 5.70. The lowest BCUT2D eigenvalue weighted by molar-refractivity contribution is -0.0602. The zero-order valence-corrected chi connectivity index (χ0v) is 17.1. The number of halogens is 2. The number of cyclic esters (lactones) is 1. The lowest BCUT2D eigenvalue weighted by Gasteiger charge is -2.43. The van der Waals surface area contributed by atoms with Gasteiger partial charge in [0.1, 0.15) is 11.4 Å².